The fraction of sp³-hybridized carbons (Fsp3) is 0. The topological polar surface area (TPSA) is 93.1 Å². The van der Waals surface area contributed by atoms with Crippen LogP contribution in [-0.2, 0) is 10.0 Å². The molecule has 1 amide bonds. The summed E-state index contributed by atoms with van der Waals surface area (Å²) in [6.45, 7) is 0. The molecule has 0 bridgehead atoms. The molecule has 1 heterocycles. The largest absolute Gasteiger partial charge is 0.295 e. The van der Waals surface area contributed by atoms with E-state index in [0.717, 1.165) is 6.07 Å². The van der Waals surface area contributed by atoms with Gasteiger partial charge in [-0.3, -0.25) is 14.8 Å². The van der Waals surface area contributed by atoms with Crippen LogP contribution in [0.5, 0.6) is 0 Å². The molecule has 0 atom stereocenters. The summed E-state index contributed by atoms with van der Waals surface area (Å²) in [5.74, 6) is -2.91. The minimum absolute atomic E-state index is 0.0404. The van der Waals surface area contributed by atoms with E-state index in [9.17, 15) is 22.0 Å². The second kappa shape index (κ2) is 7.02. The Morgan fingerprint density at radius 2 is 1.81 bits per heavy atom. The van der Waals surface area contributed by atoms with Crippen molar-refractivity contribution in [3.05, 3.63) is 78.4 Å². The van der Waals surface area contributed by atoms with E-state index in [2.05, 4.69) is 4.98 Å². The Hall–Kier alpha value is -3.11. The summed E-state index contributed by atoms with van der Waals surface area (Å²) in [7, 11) is -4.50. The van der Waals surface area contributed by atoms with E-state index in [1.165, 1.54) is 17.1 Å². The van der Waals surface area contributed by atoms with E-state index in [-0.39, 0.29) is 5.69 Å². The Morgan fingerprint density at radius 1 is 1.08 bits per heavy atom. The van der Waals surface area contributed by atoms with Crippen molar-refractivity contribution in [2.75, 3.05) is 0 Å². The van der Waals surface area contributed by atoms with Gasteiger partial charge in [0, 0.05) is 5.69 Å². The third kappa shape index (κ3) is 3.60. The summed E-state index contributed by atoms with van der Waals surface area (Å²) in [6.07, 6.45) is 2.62. The maximum Gasteiger partial charge on any atom is 0.284 e. The van der Waals surface area contributed by atoms with E-state index >= 15 is 0 Å². The van der Waals surface area contributed by atoms with Crippen LogP contribution in [0.4, 0.5) is 8.78 Å². The Kier molecular flexibility index (Phi) is 4.78. The third-order valence-corrected chi connectivity index (χ3v) is 4.65. The maximum atomic E-state index is 13.6. The first-order valence-electron chi connectivity index (χ1n) is 7.23. The van der Waals surface area contributed by atoms with Crippen molar-refractivity contribution < 1.29 is 22.0 Å². The molecule has 26 heavy (non-hydrogen) atoms. The average molecular weight is 378 g/mol. The zero-order chi connectivity index (χ0) is 18.7. The number of sulfonamides is 1. The van der Waals surface area contributed by atoms with Crippen molar-refractivity contribution in [3.8, 4) is 5.69 Å². The Bertz CT molecular complexity index is 1050. The van der Waals surface area contributed by atoms with Crippen molar-refractivity contribution >= 4 is 15.9 Å². The Morgan fingerprint density at radius 3 is 2.54 bits per heavy atom. The number of carbonyl (C=O) groups is 1. The highest BCUT2D eigenvalue weighted by Crippen LogP contribution is 2.15. The van der Waals surface area contributed by atoms with Gasteiger partial charge in [-0.25, -0.2) is 22.2 Å². The van der Waals surface area contributed by atoms with Gasteiger partial charge in [-0.05, 0) is 30.3 Å². The number of halogens is 2. The molecule has 3 rings (SSSR count). The number of nitrogens with one attached hydrogen (secondary N) is 2. The molecule has 10 heteroatoms. The summed E-state index contributed by atoms with van der Waals surface area (Å²) >= 11 is 0. The highest BCUT2D eigenvalue weighted by molar-refractivity contribution is 7.89. The van der Waals surface area contributed by atoms with Crippen LogP contribution in [0.2, 0.25) is 0 Å². The molecule has 0 saturated heterocycles. The molecule has 0 saturated carbocycles. The molecule has 1 aromatic heterocycles. The number of imidazole rings is 1. The molecule has 0 spiro atoms. The zero-order valence-corrected chi connectivity index (χ0v) is 13.9. The summed E-state index contributed by atoms with van der Waals surface area (Å²) in [4.78, 5) is 16.9. The summed E-state index contributed by atoms with van der Waals surface area (Å²) < 4.78 is 52.4. The van der Waals surface area contributed by atoms with Gasteiger partial charge in [0.1, 0.15) is 22.2 Å². The fourth-order valence-electron chi connectivity index (χ4n) is 2.17. The molecule has 134 valence electrons. The van der Waals surface area contributed by atoms with Crippen LogP contribution in [0, 0.1) is 11.6 Å². The smallest absolute Gasteiger partial charge is 0.284 e. The Balaban J connectivity index is 1.80. The van der Waals surface area contributed by atoms with Crippen LogP contribution in [0.25, 0.3) is 5.69 Å². The standard InChI is InChI=1S/C16H12F2N4O3S/c17-11-6-7-13(18)15(8-11)26(24,25)21-20-16(23)14-9-19-10-22(14)12-4-2-1-3-5-12/h1-10,21H,(H,20,23). The van der Waals surface area contributed by atoms with Crippen molar-refractivity contribution in [2.24, 2.45) is 0 Å². The first kappa shape index (κ1) is 17.7. The van der Waals surface area contributed by atoms with Gasteiger partial charge in [0.25, 0.3) is 15.9 Å². The predicted octanol–water partition coefficient (Wildman–Crippen LogP) is 1.77. The van der Waals surface area contributed by atoms with Crippen LogP contribution in [0.1, 0.15) is 10.5 Å². The van der Waals surface area contributed by atoms with Gasteiger partial charge in [-0.2, -0.15) is 0 Å². The SMILES string of the molecule is O=C(NNS(=O)(=O)c1cc(F)ccc1F)c1cncn1-c1ccccc1. The molecule has 0 aliphatic carbocycles. The number of hydrogen-bond donors (Lipinski definition) is 2. The molecule has 3 aromatic rings. The molecule has 0 unspecified atom stereocenters. The predicted molar refractivity (Wildman–Crippen MR) is 87.7 cm³/mol. The number of nitrogens with zero attached hydrogens (tertiary/aromatic N) is 2. The second-order valence-corrected chi connectivity index (χ2v) is 6.77. The van der Waals surface area contributed by atoms with Gasteiger partial charge < -0.3 is 0 Å². The molecule has 2 N–H and O–H groups in total. The van der Waals surface area contributed by atoms with E-state index in [4.69, 9.17) is 0 Å². The Labute approximate surface area is 147 Å². The first-order chi connectivity index (χ1) is 12.4. The van der Waals surface area contributed by atoms with Crippen LogP contribution in [0.3, 0.4) is 0 Å². The monoisotopic (exact) mass is 378 g/mol. The third-order valence-electron chi connectivity index (χ3n) is 3.39. The van der Waals surface area contributed by atoms with Crippen molar-refractivity contribution in [3.63, 3.8) is 0 Å². The molecule has 2 aromatic carbocycles. The van der Waals surface area contributed by atoms with Gasteiger partial charge in [-0.15, -0.1) is 4.83 Å². The molecule has 7 nitrogen and oxygen atoms in total. The molecular formula is C16H12F2N4O3S. The molecular weight excluding hydrogens is 366 g/mol. The second-order valence-electron chi connectivity index (χ2n) is 5.12. The van der Waals surface area contributed by atoms with Gasteiger partial charge in [0.2, 0.25) is 0 Å². The zero-order valence-electron chi connectivity index (χ0n) is 13.1. The van der Waals surface area contributed by atoms with Gasteiger partial charge in [-0.1, -0.05) is 18.2 Å². The normalized spacial score (nSPS) is 11.3. The lowest BCUT2D eigenvalue weighted by Gasteiger charge is -2.11. The number of rotatable bonds is 5. The molecule has 0 radical (unpaired) electrons. The van der Waals surface area contributed by atoms with E-state index in [1.807, 2.05) is 5.43 Å². The highest BCUT2D eigenvalue weighted by Gasteiger charge is 2.22. The van der Waals surface area contributed by atoms with Gasteiger partial charge >= 0.3 is 0 Å². The van der Waals surface area contributed by atoms with Crippen molar-refractivity contribution in [1.82, 2.24) is 19.8 Å². The van der Waals surface area contributed by atoms with Crippen LogP contribution in [-0.4, -0.2) is 23.9 Å². The van der Waals surface area contributed by atoms with Crippen molar-refractivity contribution in [1.29, 1.82) is 0 Å². The van der Waals surface area contributed by atoms with Crippen LogP contribution in [0.15, 0.2) is 66.0 Å². The van der Waals surface area contributed by atoms with E-state index in [1.54, 1.807) is 35.2 Å². The minimum Gasteiger partial charge on any atom is -0.295 e. The number of aromatic nitrogens is 2. The summed E-state index contributed by atoms with van der Waals surface area (Å²) in [5.41, 5.74) is 2.63. The van der Waals surface area contributed by atoms with Crippen LogP contribution >= 0.6 is 0 Å². The fourth-order valence-corrected chi connectivity index (χ4v) is 3.10. The number of hydrazine groups is 1. The number of amides is 1. The lowest BCUT2D eigenvalue weighted by molar-refractivity contribution is 0.0938. The molecule has 0 aliphatic rings. The summed E-state index contributed by atoms with van der Waals surface area (Å²) in [6, 6.07) is 10.7. The number of hydrogen-bond acceptors (Lipinski definition) is 4. The van der Waals surface area contributed by atoms with Gasteiger partial charge in [0.15, 0.2) is 0 Å². The minimum atomic E-state index is -4.50. The molecule has 0 fully saturated rings. The first-order valence-corrected chi connectivity index (χ1v) is 8.72. The van der Waals surface area contributed by atoms with E-state index < -0.39 is 32.5 Å². The number of benzene rings is 2. The lowest BCUT2D eigenvalue weighted by Crippen LogP contribution is -2.42. The van der Waals surface area contributed by atoms with Crippen LogP contribution < -0.4 is 10.3 Å². The number of para-hydroxylation sites is 1. The average Bonchev–Trinajstić information content (AvgIpc) is 3.12. The maximum absolute atomic E-state index is 13.6. The van der Waals surface area contributed by atoms with Crippen molar-refractivity contribution in [2.45, 2.75) is 4.90 Å². The highest BCUT2D eigenvalue weighted by atomic mass is 32.2. The number of carbonyl (C=O) groups excluding carboxylic acids is 1. The lowest BCUT2D eigenvalue weighted by atomic mass is 10.3. The summed E-state index contributed by atoms with van der Waals surface area (Å²) in [5, 5.41) is 0. The van der Waals surface area contributed by atoms with E-state index in [0.29, 0.717) is 17.8 Å². The van der Waals surface area contributed by atoms with Gasteiger partial charge in [0.05, 0.1) is 12.5 Å². The quantitative estimate of drug-likeness (QED) is 0.662. The molecule has 0 aliphatic heterocycles.